The Balaban J connectivity index is 1.65. The minimum Gasteiger partial charge on any atom is -0.414 e. The maximum atomic E-state index is 6.95. The Morgan fingerprint density at radius 1 is 0.821 bits per heavy atom. The summed E-state index contributed by atoms with van der Waals surface area (Å²) >= 11 is 0. The number of hydrogen-bond donors (Lipinski definition) is 0. The zero-order chi connectivity index (χ0) is 19.2. The van der Waals surface area contributed by atoms with Crippen molar-refractivity contribution in [3.8, 4) is 0 Å². The average molecular weight is 381 g/mol. The lowest BCUT2D eigenvalue weighted by molar-refractivity contribution is -0.0163. The van der Waals surface area contributed by atoms with E-state index in [2.05, 4.69) is 42.1 Å². The number of hydrogen-bond acceptors (Lipinski definition) is 2. The summed E-state index contributed by atoms with van der Waals surface area (Å²) in [7, 11) is 0.303. The predicted molar refractivity (Wildman–Crippen MR) is 119 cm³/mol. The van der Waals surface area contributed by atoms with Crippen LogP contribution < -0.4 is 0 Å². The molecule has 3 aliphatic rings. The van der Waals surface area contributed by atoms with Crippen LogP contribution in [0.1, 0.15) is 102 Å². The van der Waals surface area contributed by atoms with E-state index in [4.69, 9.17) is 4.65 Å². The third kappa shape index (κ3) is 4.67. The average Bonchev–Trinajstić information content (AvgIpc) is 2.77. The summed E-state index contributed by atoms with van der Waals surface area (Å²) in [4.78, 5) is 2.91. The van der Waals surface area contributed by atoms with Gasteiger partial charge in [0.1, 0.15) is 0 Å². The van der Waals surface area contributed by atoms with Crippen LogP contribution in [0.5, 0.6) is 0 Å². The van der Waals surface area contributed by atoms with E-state index in [9.17, 15) is 0 Å². The van der Waals surface area contributed by atoms with Gasteiger partial charge in [-0.05, 0) is 37.6 Å². The van der Waals surface area contributed by atoms with Gasteiger partial charge in [0.05, 0.1) is 6.10 Å². The van der Waals surface area contributed by atoms with Crippen molar-refractivity contribution in [1.82, 2.24) is 4.81 Å². The Morgan fingerprint density at radius 2 is 1.43 bits per heavy atom. The van der Waals surface area contributed by atoms with Crippen LogP contribution in [0.3, 0.4) is 0 Å². The highest BCUT2D eigenvalue weighted by Crippen LogP contribution is 2.44. The molecular formula is C25H40BNO. The predicted octanol–water partition coefficient (Wildman–Crippen LogP) is 7.02. The van der Waals surface area contributed by atoms with Crippen molar-refractivity contribution in [2.24, 2.45) is 5.92 Å². The molecule has 3 heteroatoms. The smallest absolute Gasteiger partial charge is 0.383 e. The van der Waals surface area contributed by atoms with E-state index in [1.807, 2.05) is 0 Å². The van der Waals surface area contributed by atoms with Crippen LogP contribution in [-0.2, 0) is 4.65 Å². The van der Waals surface area contributed by atoms with Gasteiger partial charge in [-0.25, -0.2) is 0 Å². The molecule has 1 heterocycles. The summed E-state index contributed by atoms with van der Waals surface area (Å²) in [5, 5.41) is 0. The topological polar surface area (TPSA) is 12.5 Å². The highest BCUT2D eigenvalue weighted by Gasteiger charge is 2.47. The molecule has 0 bridgehead atoms. The van der Waals surface area contributed by atoms with E-state index in [1.165, 1.54) is 89.0 Å². The maximum absolute atomic E-state index is 6.95. The summed E-state index contributed by atoms with van der Waals surface area (Å²) in [5.74, 6) is 0.658. The van der Waals surface area contributed by atoms with E-state index in [0.29, 0.717) is 19.0 Å². The molecule has 154 valence electrons. The summed E-state index contributed by atoms with van der Waals surface area (Å²) in [6.45, 7) is 2.34. The lowest BCUT2D eigenvalue weighted by Gasteiger charge is -2.53. The van der Waals surface area contributed by atoms with Gasteiger partial charge in [-0.1, -0.05) is 95.0 Å². The first-order valence-corrected chi connectivity index (χ1v) is 12.4. The molecule has 0 N–H and O–H groups in total. The Morgan fingerprint density at radius 3 is 2.14 bits per heavy atom. The highest BCUT2D eigenvalue weighted by atomic mass is 16.5. The van der Waals surface area contributed by atoms with Gasteiger partial charge in [0.15, 0.2) is 0 Å². The van der Waals surface area contributed by atoms with Gasteiger partial charge in [0.25, 0.3) is 0 Å². The number of nitrogens with zero attached hydrogens (tertiary/aromatic N) is 1. The van der Waals surface area contributed by atoms with E-state index in [1.54, 1.807) is 0 Å². The van der Waals surface area contributed by atoms with Gasteiger partial charge in [0, 0.05) is 18.0 Å². The first kappa shape index (κ1) is 20.5. The molecule has 1 aromatic rings. The normalized spacial score (nSPS) is 31.3. The van der Waals surface area contributed by atoms with Crippen molar-refractivity contribution in [1.29, 1.82) is 0 Å². The lowest BCUT2D eigenvalue weighted by atomic mass is 9.64. The number of benzene rings is 1. The Kier molecular flexibility index (Phi) is 7.53. The largest absolute Gasteiger partial charge is 0.414 e. The number of rotatable bonds is 3. The summed E-state index contributed by atoms with van der Waals surface area (Å²) < 4.78 is 6.95. The summed E-state index contributed by atoms with van der Waals surface area (Å²) in [6.07, 6.45) is 19.6. The fourth-order valence-corrected chi connectivity index (χ4v) is 6.29. The zero-order valence-corrected chi connectivity index (χ0v) is 18.0. The van der Waals surface area contributed by atoms with Crippen molar-refractivity contribution in [2.75, 3.05) is 0 Å². The molecule has 1 saturated heterocycles. The first-order valence-electron chi connectivity index (χ1n) is 12.4. The van der Waals surface area contributed by atoms with Crippen LogP contribution in [0.25, 0.3) is 0 Å². The third-order valence-electron chi connectivity index (χ3n) is 7.66. The molecular weight excluding hydrogens is 341 g/mol. The minimum absolute atomic E-state index is 0.287. The van der Waals surface area contributed by atoms with Crippen molar-refractivity contribution in [2.45, 2.75) is 115 Å². The summed E-state index contributed by atoms with van der Waals surface area (Å²) in [5.41, 5.74) is 1.41. The van der Waals surface area contributed by atoms with Gasteiger partial charge >= 0.3 is 7.05 Å². The van der Waals surface area contributed by atoms with Crippen molar-refractivity contribution < 1.29 is 4.65 Å². The van der Waals surface area contributed by atoms with E-state index < -0.39 is 0 Å². The molecule has 3 unspecified atom stereocenters. The van der Waals surface area contributed by atoms with Crippen molar-refractivity contribution in [3.05, 3.63) is 35.9 Å². The molecule has 0 spiro atoms. The molecule has 1 aromatic carbocycles. The SMILES string of the molecule is CCB1OC(c2ccccc2)C2CCCCCCCCC2N1C1CCCCC1. The van der Waals surface area contributed by atoms with Gasteiger partial charge in [-0.15, -0.1) is 0 Å². The second-order valence-corrected chi connectivity index (χ2v) is 9.50. The molecule has 0 aromatic heterocycles. The van der Waals surface area contributed by atoms with Crippen LogP contribution in [-0.4, -0.2) is 23.9 Å². The Hall–Kier alpha value is -0.795. The lowest BCUT2D eigenvalue weighted by Crippen LogP contribution is -2.61. The quantitative estimate of drug-likeness (QED) is 0.522. The fraction of sp³-hybridized carbons (Fsp3) is 0.760. The molecule has 3 fully saturated rings. The van der Waals surface area contributed by atoms with E-state index in [0.717, 1.165) is 12.4 Å². The van der Waals surface area contributed by atoms with Crippen LogP contribution in [0.15, 0.2) is 30.3 Å². The van der Waals surface area contributed by atoms with Gasteiger partial charge in [-0.3, -0.25) is 0 Å². The zero-order valence-electron chi connectivity index (χ0n) is 18.0. The fourth-order valence-electron chi connectivity index (χ4n) is 6.29. The van der Waals surface area contributed by atoms with E-state index >= 15 is 0 Å². The van der Waals surface area contributed by atoms with Crippen molar-refractivity contribution in [3.63, 3.8) is 0 Å². The van der Waals surface area contributed by atoms with Gasteiger partial charge in [0.2, 0.25) is 0 Å². The molecule has 2 aliphatic carbocycles. The van der Waals surface area contributed by atoms with Crippen LogP contribution >= 0.6 is 0 Å². The highest BCUT2D eigenvalue weighted by molar-refractivity contribution is 6.49. The molecule has 3 atom stereocenters. The maximum Gasteiger partial charge on any atom is 0.383 e. The van der Waals surface area contributed by atoms with Crippen LogP contribution in [0, 0.1) is 5.92 Å². The molecule has 0 radical (unpaired) electrons. The van der Waals surface area contributed by atoms with Crippen LogP contribution in [0.4, 0.5) is 0 Å². The van der Waals surface area contributed by atoms with Crippen LogP contribution in [0.2, 0.25) is 6.32 Å². The molecule has 0 amide bonds. The minimum atomic E-state index is 0.287. The molecule has 2 nitrogen and oxygen atoms in total. The Bertz CT molecular complexity index is 573. The monoisotopic (exact) mass is 381 g/mol. The van der Waals surface area contributed by atoms with Crippen molar-refractivity contribution >= 4 is 7.05 Å². The number of fused-ring (bicyclic) bond motifs is 1. The second kappa shape index (κ2) is 10.3. The van der Waals surface area contributed by atoms with E-state index in [-0.39, 0.29) is 6.10 Å². The molecule has 4 rings (SSSR count). The molecule has 28 heavy (non-hydrogen) atoms. The summed E-state index contributed by atoms with van der Waals surface area (Å²) in [6, 6.07) is 12.6. The third-order valence-corrected chi connectivity index (χ3v) is 7.66. The second-order valence-electron chi connectivity index (χ2n) is 9.50. The Labute approximate surface area is 173 Å². The molecule has 2 saturated carbocycles. The van der Waals surface area contributed by atoms with Gasteiger partial charge in [-0.2, -0.15) is 0 Å². The molecule has 1 aliphatic heterocycles. The van der Waals surface area contributed by atoms with Gasteiger partial charge < -0.3 is 9.47 Å². The first-order chi connectivity index (χ1) is 13.9. The standard InChI is InChI=1S/C25H40BNO/c1-2-26-27(22-17-11-8-12-18-22)24-20-14-6-4-3-5-13-19-23(24)25(28-26)21-15-9-7-10-16-21/h7,9-10,15-16,22-25H,2-6,8,11-14,17-20H2,1H3.